The number of carbonyl (C=O) groups is 1. The highest BCUT2D eigenvalue weighted by Gasteiger charge is 2.07. The van der Waals surface area contributed by atoms with Crippen molar-refractivity contribution in [1.29, 1.82) is 0 Å². The molecule has 0 aliphatic rings. The Morgan fingerprint density at radius 2 is 1.92 bits per heavy atom. The van der Waals surface area contributed by atoms with Gasteiger partial charge in [-0.25, -0.2) is 15.0 Å². The maximum Gasteiger partial charge on any atom is 0.305 e. The molecule has 2 heterocycles. The summed E-state index contributed by atoms with van der Waals surface area (Å²) in [6.45, 7) is 2.78. The number of hydrogen-bond donors (Lipinski definition) is 1. The van der Waals surface area contributed by atoms with Crippen molar-refractivity contribution in [1.82, 2.24) is 19.9 Å². The zero-order chi connectivity index (χ0) is 17.7. The summed E-state index contributed by atoms with van der Waals surface area (Å²) in [5, 5.41) is 0.910. The Morgan fingerprint density at radius 3 is 2.80 bits per heavy atom. The molecule has 2 aromatic heterocycles. The lowest BCUT2D eigenvalue weighted by Crippen LogP contribution is -2.05. The highest BCUT2D eigenvalue weighted by molar-refractivity contribution is 7.99. The summed E-state index contributed by atoms with van der Waals surface area (Å²) in [6, 6.07) is 0. The predicted molar refractivity (Wildman–Crippen MR) is 101 cm³/mol. The molecule has 1 N–H and O–H groups in total. The number of nitrogens with one attached hydrogen (secondary N) is 1. The summed E-state index contributed by atoms with van der Waals surface area (Å²) in [7, 11) is 0. The van der Waals surface area contributed by atoms with Gasteiger partial charge in [-0.2, -0.15) is 0 Å². The van der Waals surface area contributed by atoms with Gasteiger partial charge in [0.05, 0.1) is 12.9 Å². The number of hydrogen-bond acceptors (Lipinski definition) is 6. The minimum absolute atomic E-state index is 0.0726. The van der Waals surface area contributed by atoms with Crippen LogP contribution in [0.4, 0.5) is 0 Å². The topological polar surface area (TPSA) is 80.8 Å². The van der Waals surface area contributed by atoms with Crippen molar-refractivity contribution in [2.75, 3.05) is 12.4 Å². The summed E-state index contributed by atoms with van der Waals surface area (Å²) in [5.74, 6) is 0.840. The van der Waals surface area contributed by atoms with E-state index in [1.807, 2.05) is 0 Å². The van der Waals surface area contributed by atoms with Crippen LogP contribution in [-0.4, -0.2) is 38.3 Å². The fourth-order valence-electron chi connectivity index (χ4n) is 2.53. The lowest BCUT2D eigenvalue weighted by atomic mass is 10.1. The zero-order valence-electron chi connectivity index (χ0n) is 15.0. The number of nitrogens with zero attached hydrogens (tertiary/aromatic N) is 3. The van der Waals surface area contributed by atoms with E-state index < -0.39 is 0 Å². The second-order valence-corrected chi connectivity index (χ2v) is 7.16. The van der Waals surface area contributed by atoms with Gasteiger partial charge in [-0.15, -0.1) is 11.8 Å². The molecule has 0 unspecified atom stereocenters. The van der Waals surface area contributed by atoms with E-state index in [1.165, 1.54) is 32.0 Å². The highest BCUT2D eigenvalue weighted by atomic mass is 32.2. The van der Waals surface area contributed by atoms with Crippen LogP contribution in [0.3, 0.4) is 0 Å². The van der Waals surface area contributed by atoms with Crippen molar-refractivity contribution in [3.05, 3.63) is 12.7 Å². The van der Waals surface area contributed by atoms with E-state index >= 15 is 0 Å². The van der Waals surface area contributed by atoms with E-state index in [0.717, 1.165) is 42.0 Å². The molecule has 0 saturated heterocycles. The Kier molecular flexibility index (Phi) is 9.33. The minimum atomic E-state index is -0.0726. The number of thioether (sulfide) groups is 1. The Bertz CT molecular complexity index is 632. The van der Waals surface area contributed by atoms with Crippen molar-refractivity contribution in [3.63, 3.8) is 0 Å². The summed E-state index contributed by atoms with van der Waals surface area (Å²) in [6.07, 6.45) is 12.7. The van der Waals surface area contributed by atoms with E-state index in [-0.39, 0.29) is 5.97 Å². The second-order valence-electron chi connectivity index (χ2n) is 6.07. The number of esters is 1. The molecule has 2 rings (SSSR count). The number of ether oxygens (including phenoxy) is 1. The summed E-state index contributed by atoms with van der Waals surface area (Å²) in [5.41, 5.74) is 1.57. The van der Waals surface area contributed by atoms with Crippen molar-refractivity contribution in [3.8, 4) is 0 Å². The predicted octanol–water partition coefficient (Wildman–Crippen LogP) is 4.52. The van der Waals surface area contributed by atoms with Gasteiger partial charge in [-0.1, -0.05) is 39.0 Å². The molecule has 0 aromatic carbocycles. The highest BCUT2D eigenvalue weighted by Crippen LogP contribution is 2.22. The largest absolute Gasteiger partial charge is 0.466 e. The number of rotatable bonds is 13. The van der Waals surface area contributed by atoms with E-state index in [2.05, 4.69) is 26.9 Å². The average Bonchev–Trinajstić information content (AvgIpc) is 3.10. The van der Waals surface area contributed by atoms with Gasteiger partial charge in [0.25, 0.3) is 0 Å². The normalized spacial score (nSPS) is 11.1. The van der Waals surface area contributed by atoms with Gasteiger partial charge >= 0.3 is 5.97 Å². The fraction of sp³-hybridized carbons (Fsp3) is 0.667. The molecule has 7 heteroatoms. The summed E-state index contributed by atoms with van der Waals surface area (Å²) < 4.78 is 5.28. The van der Waals surface area contributed by atoms with Gasteiger partial charge in [0.2, 0.25) is 0 Å². The van der Waals surface area contributed by atoms with Gasteiger partial charge in [0.15, 0.2) is 5.65 Å². The Morgan fingerprint density at radius 1 is 1.08 bits per heavy atom. The number of aromatic amines is 1. The van der Waals surface area contributed by atoms with Crippen LogP contribution in [0, 0.1) is 0 Å². The Labute approximate surface area is 153 Å². The van der Waals surface area contributed by atoms with Crippen LogP contribution in [-0.2, 0) is 9.53 Å². The molecule has 25 heavy (non-hydrogen) atoms. The van der Waals surface area contributed by atoms with Crippen molar-refractivity contribution in [2.45, 2.75) is 69.7 Å². The van der Waals surface area contributed by atoms with Crippen LogP contribution in [0.2, 0.25) is 0 Å². The van der Waals surface area contributed by atoms with E-state index in [1.54, 1.807) is 18.1 Å². The van der Waals surface area contributed by atoms with Gasteiger partial charge in [-0.05, 0) is 25.0 Å². The standard InChI is InChI=1S/C18H28N4O2S/c1-2-3-4-5-6-8-11-24-15(23)10-7-9-12-25-18-16-17(20-13-19-16)21-14-22-18/h13-14H,2-12H2,1H3,(H,19,20,21,22). The number of H-pyrrole nitrogens is 1. The van der Waals surface area contributed by atoms with Crippen molar-refractivity contribution in [2.24, 2.45) is 0 Å². The molecule has 0 atom stereocenters. The average molecular weight is 365 g/mol. The third-order valence-electron chi connectivity index (χ3n) is 3.96. The van der Waals surface area contributed by atoms with Crippen LogP contribution >= 0.6 is 11.8 Å². The van der Waals surface area contributed by atoms with Crippen LogP contribution < -0.4 is 0 Å². The molecule has 0 aliphatic carbocycles. The number of fused-ring (bicyclic) bond motifs is 1. The fourth-order valence-corrected chi connectivity index (χ4v) is 3.49. The molecule has 0 amide bonds. The lowest BCUT2D eigenvalue weighted by Gasteiger charge is -2.05. The van der Waals surface area contributed by atoms with Gasteiger partial charge in [0.1, 0.15) is 16.9 Å². The Balaban J connectivity index is 1.49. The van der Waals surface area contributed by atoms with Crippen molar-refractivity contribution < 1.29 is 9.53 Å². The molecule has 0 bridgehead atoms. The first-order valence-corrected chi connectivity index (χ1v) is 10.2. The number of imidazole rings is 1. The molecule has 0 aliphatic heterocycles. The first-order valence-electron chi connectivity index (χ1n) is 9.23. The van der Waals surface area contributed by atoms with E-state index in [0.29, 0.717) is 18.7 Å². The summed E-state index contributed by atoms with van der Waals surface area (Å²) in [4.78, 5) is 27.2. The maximum atomic E-state index is 11.7. The molecule has 6 nitrogen and oxygen atoms in total. The molecular weight excluding hydrogens is 336 g/mol. The Hall–Kier alpha value is -1.63. The number of carbonyl (C=O) groups excluding carboxylic acids is 1. The van der Waals surface area contributed by atoms with Crippen molar-refractivity contribution >= 4 is 28.9 Å². The van der Waals surface area contributed by atoms with E-state index in [4.69, 9.17) is 4.74 Å². The molecule has 0 saturated carbocycles. The maximum absolute atomic E-state index is 11.7. The van der Waals surface area contributed by atoms with Gasteiger partial charge in [-0.3, -0.25) is 4.79 Å². The number of unbranched alkanes of at least 4 members (excludes halogenated alkanes) is 6. The van der Waals surface area contributed by atoms with Gasteiger partial charge in [0, 0.05) is 6.42 Å². The SMILES string of the molecule is CCCCCCCCOC(=O)CCCCSc1ncnc2nc[nH]c12. The summed E-state index contributed by atoms with van der Waals surface area (Å²) >= 11 is 1.66. The molecule has 0 fully saturated rings. The van der Waals surface area contributed by atoms with Crippen LogP contribution in [0.15, 0.2) is 17.7 Å². The number of aromatic nitrogens is 4. The first-order chi connectivity index (χ1) is 12.3. The quantitative estimate of drug-likeness (QED) is 0.244. The van der Waals surface area contributed by atoms with Gasteiger partial charge < -0.3 is 9.72 Å². The molecule has 0 spiro atoms. The van der Waals surface area contributed by atoms with Crippen LogP contribution in [0.25, 0.3) is 11.2 Å². The third kappa shape index (κ3) is 7.42. The lowest BCUT2D eigenvalue weighted by molar-refractivity contribution is -0.143. The first kappa shape index (κ1) is 19.7. The minimum Gasteiger partial charge on any atom is -0.466 e. The second kappa shape index (κ2) is 11.8. The molecule has 0 radical (unpaired) electrons. The molecular formula is C18H28N4O2S. The molecule has 2 aromatic rings. The van der Waals surface area contributed by atoms with E-state index in [9.17, 15) is 4.79 Å². The molecule has 138 valence electrons. The monoisotopic (exact) mass is 364 g/mol. The van der Waals surface area contributed by atoms with Crippen LogP contribution in [0.1, 0.15) is 64.7 Å². The van der Waals surface area contributed by atoms with Crippen LogP contribution in [0.5, 0.6) is 0 Å². The third-order valence-corrected chi connectivity index (χ3v) is 5.04. The smallest absolute Gasteiger partial charge is 0.305 e. The zero-order valence-corrected chi connectivity index (χ0v) is 15.8.